The molecule has 0 spiro atoms. The lowest BCUT2D eigenvalue weighted by Gasteiger charge is -2.33. The average molecular weight is 295 g/mol. The Morgan fingerprint density at radius 3 is 2.74 bits per heavy atom. The monoisotopic (exact) mass is 295 g/mol. The largest absolute Gasteiger partial charge is 0.293 e. The summed E-state index contributed by atoms with van der Waals surface area (Å²) in [6.07, 6.45) is 0. The topological polar surface area (TPSA) is 54.5 Å². The van der Waals surface area contributed by atoms with Gasteiger partial charge < -0.3 is 0 Å². The SMILES string of the molecule is CC1CSC2=C(C1=O)S(=O)(=O)N(C)c1ccccc12. The van der Waals surface area contributed by atoms with Gasteiger partial charge in [-0.3, -0.25) is 9.10 Å². The molecule has 1 aromatic carbocycles. The van der Waals surface area contributed by atoms with Crippen LogP contribution in [0.5, 0.6) is 0 Å². The summed E-state index contributed by atoms with van der Waals surface area (Å²) in [7, 11) is -2.22. The van der Waals surface area contributed by atoms with Gasteiger partial charge in [0.2, 0.25) is 0 Å². The van der Waals surface area contributed by atoms with Crippen molar-refractivity contribution in [3.63, 3.8) is 0 Å². The number of sulfonamides is 1. The number of hydrogen-bond donors (Lipinski definition) is 0. The molecule has 1 unspecified atom stereocenters. The second-order valence-electron chi connectivity index (χ2n) is 4.72. The molecule has 1 aromatic rings. The zero-order valence-electron chi connectivity index (χ0n) is 10.6. The molecule has 0 bridgehead atoms. The summed E-state index contributed by atoms with van der Waals surface area (Å²) in [5.41, 5.74) is 1.47. The fourth-order valence-corrected chi connectivity index (χ4v) is 5.45. The fraction of sp³-hybridized carbons (Fsp3) is 0.308. The Kier molecular flexibility index (Phi) is 2.76. The van der Waals surface area contributed by atoms with Crippen molar-refractivity contribution in [1.29, 1.82) is 0 Å². The lowest BCUT2D eigenvalue weighted by molar-refractivity contribution is -0.117. The maximum atomic E-state index is 12.5. The number of benzene rings is 1. The van der Waals surface area contributed by atoms with Crippen LogP contribution in [0.4, 0.5) is 5.69 Å². The van der Waals surface area contributed by atoms with E-state index in [1.165, 1.54) is 23.1 Å². The van der Waals surface area contributed by atoms with Crippen molar-refractivity contribution < 1.29 is 13.2 Å². The highest BCUT2D eigenvalue weighted by molar-refractivity contribution is 8.10. The standard InChI is InChI=1S/C13H13NO3S2/c1-8-7-18-12-9-5-3-4-6-10(9)14(2)19(16,17)13(12)11(8)15/h3-6,8H,7H2,1-2H3. The van der Waals surface area contributed by atoms with Gasteiger partial charge >= 0.3 is 0 Å². The molecule has 0 radical (unpaired) electrons. The summed E-state index contributed by atoms with van der Waals surface area (Å²) in [6, 6.07) is 7.29. The summed E-state index contributed by atoms with van der Waals surface area (Å²) in [6.45, 7) is 1.77. The Labute approximate surface area is 116 Å². The molecule has 100 valence electrons. The van der Waals surface area contributed by atoms with Gasteiger partial charge in [0.05, 0.1) is 5.69 Å². The van der Waals surface area contributed by atoms with Gasteiger partial charge in [0, 0.05) is 29.2 Å². The zero-order valence-corrected chi connectivity index (χ0v) is 12.2. The number of carbonyl (C=O) groups is 1. The van der Waals surface area contributed by atoms with Crippen molar-refractivity contribution in [3.8, 4) is 0 Å². The van der Waals surface area contributed by atoms with E-state index in [0.717, 1.165) is 5.56 Å². The van der Waals surface area contributed by atoms with E-state index >= 15 is 0 Å². The van der Waals surface area contributed by atoms with Crippen molar-refractivity contribution in [2.75, 3.05) is 17.1 Å². The van der Waals surface area contributed by atoms with Gasteiger partial charge in [-0.05, 0) is 6.07 Å². The summed E-state index contributed by atoms with van der Waals surface area (Å²) >= 11 is 1.46. The van der Waals surface area contributed by atoms with Crippen LogP contribution in [0.3, 0.4) is 0 Å². The van der Waals surface area contributed by atoms with Gasteiger partial charge in [-0.2, -0.15) is 0 Å². The van der Waals surface area contributed by atoms with Crippen LogP contribution in [0, 0.1) is 5.92 Å². The van der Waals surface area contributed by atoms with E-state index in [0.29, 0.717) is 16.3 Å². The molecule has 1 atom stereocenters. The van der Waals surface area contributed by atoms with Crippen LogP contribution in [-0.2, 0) is 14.8 Å². The highest BCUT2D eigenvalue weighted by Crippen LogP contribution is 2.47. The molecule has 19 heavy (non-hydrogen) atoms. The van der Waals surface area contributed by atoms with E-state index in [2.05, 4.69) is 0 Å². The second kappa shape index (κ2) is 4.11. The minimum atomic E-state index is -3.72. The first-order valence-electron chi connectivity index (χ1n) is 5.94. The molecule has 0 N–H and O–H groups in total. The summed E-state index contributed by atoms with van der Waals surface area (Å²) in [5.74, 6) is 0.109. The molecule has 0 aromatic heterocycles. The molecule has 6 heteroatoms. The van der Waals surface area contributed by atoms with Crippen molar-refractivity contribution >= 4 is 38.2 Å². The molecule has 0 saturated carbocycles. The number of hydrogen-bond acceptors (Lipinski definition) is 4. The normalized spacial score (nSPS) is 25.1. The zero-order chi connectivity index (χ0) is 13.8. The van der Waals surface area contributed by atoms with Crippen LogP contribution >= 0.6 is 11.8 Å². The minimum Gasteiger partial charge on any atom is -0.293 e. The van der Waals surface area contributed by atoms with Crippen LogP contribution in [0.25, 0.3) is 4.91 Å². The number of anilines is 1. The maximum Gasteiger partial charge on any atom is 0.268 e. The molecule has 3 rings (SSSR count). The first-order valence-corrected chi connectivity index (χ1v) is 8.37. The van der Waals surface area contributed by atoms with Crippen molar-refractivity contribution in [3.05, 3.63) is 34.7 Å². The second-order valence-corrected chi connectivity index (χ2v) is 7.66. The van der Waals surface area contributed by atoms with E-state index in [-0.39, 0.29) is 16.6 Å². The van der Waals surface area contributed by atoms with E-state index < -0.39 is 10.0 Å². The number of allylic oxidation sites excluding steroid dienone is 1. The predicted octanol–water partition coefficient (Wildman–Crippen LogP) is 2.09. The van der Waals surface area contributed by atoms with Gasteiger partial charge in [0.15, 0.2) is 5.78 Å². The quantitative estimate of drug-likeness (QED) is 0.735. The first kappa shape index (κ1) is 12.7. The number of Topliss-reactive ketones (excluding diaryl/α,β-unsaturated/α-hetero) is 1. The minimum absolute atomic E-state index is 0.0301. The third kappa shape index (κ3) is 1.66. The third-order valence-corrected chi connectivity index (χ3v) is 6.81. The highest BCUT2D eigenvalue weighted by atomic mass is 32.2. The lowest BCUT2D eigenvalue weighted by atomic mass is 10.0. The smallest absolute Gasteiger partial charge is 0.268 e. The van der Waals surface area contributed by atoms with Crippen LogP contribution in [0.15, 0.2) is 29.2 Å². The van der Waals surface area contributed by atoms with Crippen LogP contribution < -0.4 is 4.31 Å². The molecular formula is C13H13NO3S2. The summed E-state index contributed by atoms with van der Waals surface area (Å²) in [5, 5.41) is 0. The number of ketones is 1. The fourth-order valence-electron chi connectivity index (χ4n) is 2.34. The van der Waals surface area contributed by atoms with E-state index in [9.17, 15) is 13.2 Å². The first-order chi connectivity index (χ1) is 8.94. The maximum absolute atomic E-state index is 12.5. The van der Waals surface area contributed by atoms with Crippen LogP contribution in [0.2, 0.25) is 0 Å². The van der Waals surface area contributed by atoms with E-state index in [1.54, 1.807) is 19.1 Å². The van der Waals surface area contributed by atoms with Crippen LogP contribution in [0.1, 0.15) is 12.5 Å². The van der Waals surface area contributed by atoms with Gasteiger partial charge in [0.1, 0.15) is 4.91 Å². The molecule has 2 aliphatic heterocycles. The van der Waals surface area contributed by atoms with E-state index in [1.807, 2.05) is 12.1 Å². The van der Waals surface area contributed by atoms with Gasteiger partial charge in [0.25, 0.3) is 10.0 Å². The number of nitrogens with zero attached hydrogens (tertiary/aromatic N) is 1. The van der Waals surface area contributed by atoms with Gasteiger partial charge in [-0.1, -0.05) is 25.1 Å². The molecule has 0 amide bonds. The van der Waals surface area contributed by atoms with Crippen molar-refractivity contribution in [2.24, 2.45) is 5.92 Å². The van der Waals surface area contributed by atoms with Gasteiger partial charge in [-0.25, -0.2) is 8.42 Å². The number of carbonyl (C=O) groups excluding carboxylic acids is 1. The van der Waals surface area contributed by atoms with Crippen LogP contribution in [-0.4, -0.2) is 27.0 Å². The Morgan fingerprint density at radius 1 is 1.32 bits per heavy atom. The molecule has 0 aliphatic carbocycles. The Hall–Kier alpha value is -1.27. The molecule has 0 saturated heterocycles. The third-order valence-electron chi connectivity index (χ3n) is 3.46. The number of fused-ring (bicyclic) bond motifs is 2. The molecule has 4 nitrogen and oxygen atoms in total. The van der Waals surface area contributed by atoms with Gasteiger partial charge in [-0.15, -0.1) is 11.8 Å². The predicted molar refractivity (Wildman–Crippen MR) is 77.3 cm³/mol. The number of rotatable bonds is 0. The Balaban J connectivity index is 2.37. The highest BCUT2D eigenvalue weighted by Gasteiger charge is 2.42. The summed E-state index contributed by atoms with van der Waals surface area (Å²) in [4.78, 5) is 12.8. The van der Waals surface area contributed by atoms with E-state index in [4.69, 9.17) is 0 Å². The summed E-state index contributed by atoms with van der Waals surface area (Å²) < 4.78 is 26.2. The molecule has 2 aliphatic rings. The van der Waals surface area contributed by atoms with Crippen molar-refractivity contribution in [2.45, 2.75) is 6.92 Å². The lowest BCUT2D eigenvalue weighted by Crippen LogP contribution is -2.38. The molecular weight excluding hydrogens is 282 g/mol. The number of thioether (sulfide) groups is 1. The van der Waals surface area contributed by atoms with Crippen molar-refractivity contribution in [1.82, 2.24) is 0 Å². The molecule has 2 heterocycles. The number of para-hydroxylation sites is 1. The Morgan fingerprint density at radius 2 is 2.00 bits per heavy atom. The molecule has 0 fully saturated rings. The average Bonchev–Trinajstić information content (AvgIpc) is 2.39. The Bertz CT molecular complexity index is 706.